The first kappa shape index (κ1) is 47.2. The summed E-state index contributed by atoms with van der Waals surface area (Å²) in [5.74, 6) is -4.14. The first-order chi connectivity index (χ1) is 27.0. The number of hydrogen-bond acceptors (Lipinski definition) is 12. The van der Waals surface area contributed by atoms with Crippen LogP contribution < -0.4 is 28.4 Å². The lowest BCUT2D eigenvalue weighted by atomic mass is 9.92. The van der Waals surface area contributed by atoms with E-state index in [0.717, 1.165) is 0 Å². The van der Waals surface area contributed by atoms with E-state index in [4.69, 9.17) is 28.4 Å². The molecule has 0 saturated heterocycles. The van der Waals surface area contributed by atoms with Crippen molar-refractivity contribution >= 4 is 68.1 Å². The standard InChI is InChI=1S/C48H60O12/c1-43(2,3)37(49)55-31-19-25-26(20-32(31)56-38(50)44(4,5)6)28-22-34(58-40(52)46(10,11)12)36(60-42(54)48(16,17)18)24-30(28)29-23-35(59-41(53)47(13,14)15)33(21-27(25)29)57-39(51)45(7,8)9/h19-24H,1-18H3. The lowest BCUT2D eigenvalue weighted by molar-refractivity contribution is -0.145. The topological polar surface area (TPSA) is 158 Å². The van der Waals surface area contributed by atoms with Gasteiger partial charge in [0.25, 0.3) is 0 Å². The highest BCUT2D eigenvalue weighted by Gasteiger charge is 2.33. The molecule has 12 nitrogen and oxygen atoms in total. The zero-order chi connectivity index (χ0) is 45.9. The van der Waals surface area contributed by atoms with Crippen LogP contribution in [0.1, 0.15) is 125 Å². The highest BCUT2D eigenvalue weighted by atomic mass is 16.6. The zero-order valence-electron chi connectivity index (χ0n) is 38.4. The second-order valence-corrected chi connectivity index (χ2v) is 21.4. The van der Waals surface area contributed by atoms with Gasteiger partial charge in [0.1, 0.15) is 0 Å². The number of fused-ring (bicyclic) bond motifs is 6. The van der Waals surface area contributed by atoms with Gasteiger partial charge in [-0.3, -0.25) is 28.8 Å². The van der Waals surface area contributed by atoms with Gasteiger partial charge in [-0.1, -0.05) is 0 Å². The SMILES string of the molecule is CC(C)(C)C(=O)Oc1cc2c3cc(OC(=O)C(C)(C)C)c(OC(=O)C(C)(C)C)cc3c3cc(OC(=O)C(C)(C)C)c(OC(=O)C(C)(C)C)cc3c2cc1OC(=O)C(C)(C)C. The molecule has 0 spiro atoms. The largest absolute Gasteiger partial charge is 0.422 e. The van der Waals surface area contributed by atoms with E-state index in [1.165, 1.54) is 36.4 Å². The minimum Gasteiger partial charge on any atom is -0.422 e. The highest BCUT2D eigenvalue weighted by Crippen LogP contribution is 2.48. The summed E-state index contributed by atoms with van der Waals surface area (Å²) in [4.78, 5) is 80.7. The Balaban J connectivity index is 2.33. The van der Waals surface area contributed by atoms with E-state index < -0.39 is 68.3 Å². The van der Waals surface area contributed by atoms with Crippen molar-refractivity contribution in [2.24, 2.45) is 32.5 Å². The molecule has 324 valence electrons. The quantitative estimate of drug-likeness (QED) is 0.103. The maximum Gasteiger partial charge on any atom is 0.316 e. The molecular weight excluding hydrogens is 769 g/mol. The second kappa shape index (κ2) is 15.8. The van der Waals surface area contributed by atoms with E-state index in [0.29, 0.717) is 32.3 Å². The van der Waals surface area contributed by atoms with Gasteiger partial charge in [0, 0.05) is 0 Å². The maximum absolute atomic E-state index is 13.4. The third-order valence-corrected chi connectivity index (χ3v) is 9.01. The number of benzene rings is 4. The van der Waals surface area contributed by atoms with Gasteiger partial charge < -0.3 is 28.4 Å². The Morgan fingerprint density at radius 2 is 0.350 bits per heavy atom. The molecule has 60 heavy (non-hydrogen) atoms. The average Bonchev–Trinajstić information content (AvgIpc) is 3.06. The van der Waals surface area contributed by atoms with Crippen LogP contribution in [0.4, 0.5) is 0 Å². The van der Waals surface area contributed by atoms with Crippen LogP contribution in [0.2, 0.25) is 0 Å². The lowest BCUT2D eigenvalue weighted by Crippen LogP contribution is -2.28. The van der Waals surface area contributed by atoms with Crippen LogP contribution in [-0.4, -0.2) is 35.8 Å². The van der Waals surface area contributed by atoms with Crippen molar-refractivity contribution in [3.05, 3.63) is 36.4 Å². The molecule has 0 radical (unpaired) electrons. The monoisotopic (exact) mass is 828 g/mol. The molecule has 0 aromatic heterocycles. The maximum atomic E-state index is 13.4. The van der Waals surface area contributed by atoms with Crippen molar-refractivity contribution in [1.29, 1.82) is 0 Å². The highest BCUT2D eigenvalue weighted by molar-refractivity contribution is 6.27. The van der Waals surface area contributed by atoms with Gasteiger partial charge >= 0.3 is 35.8 Å². The van der Waals surface area contributed by atoms with Crippen molar-refractivity contribution in [3.63, 3.8) is 0 Å². The van der Waals surface area contributed by atoms with Crippen LogP contribution in [-0.2, 0) is 28.8 Å². The van der Waals surface area contributed by atoms with Crippen LogP contribution >= 0.6 is 0 Å². The van der Waals surface area contributed by atoms with Gasteiger partial charge in [-0.2, -0.15) is 0 Å². The first-order valence-corrected chi connectivity index (χ1v) is 19.9. The van der Waals surface area contributed by atoms with Crippen molar-refractivity contribution in [2.45, 2.75) is 125 Å². The van der Waals surface area contributed by atoms with Gasteiger partial charge in [0.2, 0.25) is 0 Å². The number of rotatable bonds is 6. The molecule has 0 atom stereocenters. The number of esters is 6. The summed E-state index contributed by atoms with van der Waals surface area (Å²) >= 11 is 0. The molecule has 0 heterocycles. The average molecular weight is 829 g/mol. The molecular formula is C48H60O12. The van der Waals surface area contributed by atoms with E-state index in [1.54, 1.807) is 125 Å². The molecule has 0 aliphatic heterocycles. The molecule has 12 heteroatoms. The van der Waals surface area contributed by atoms with Crippen molar-refractivity contribution in [1.82, 2.24) is 0 Å². The summed E-state index contributed by atoms with van der Waals surface area (Å²) in [5, 5.41) is 2.49. The van der Waals surface area contributed by atoms with Crippen molar-refractivity contribution < 1.29 is 57.2 Å². The van der Waals surface area contributed by atoms with Crippen molar-refractivity contribution in [3.8, 4) is 34.5 Å². The Morgan fingerprint density at radius 3 is 0.433 bits per heavy atom. The third kappa shape index (κ3) is 10.6. The molecule has 0 aliphatic carbocycles. The lowest BCUT2D eigenvalue weighted by Gasteiger charge is -2.24. The Bertz CT molecular complexity index is 1960. The summed E-state index contributed by atoms with van der Waals surface area (Å²) in [7, 11) is 0. The summed E-state index contributed by atoms with van der Waals surface area (Å²) in [6.45, 7) is 30.3. The van der Waals surface area contributed by atoms with Crippen LogP contribution in [0.3, 0.4) is 0 Å². The first-order valence-electron chi connectivity index (χ1n) is 19.9. The summed E-state index contributed by atoms with van der Waals surface area (Å²) in [5.41, 5.74) is -5.76. The normalized spacial score (nSPS) is 12.9. The predicted octanol–water partition coefficient (Wildman–Crippen LogP) is 10.9. The molecule has 0 aliphatic rings. The number of carbonyl (C=O) groups is 6. The molecule has 0 unspecified atom stereocenters. The van der Waals surface area contributed by atoms with Gasteiger partial charge in [0.15, 0.2) is 34.5 Å². The predicted molar refractivity (Wildman–Crippen MR) is 229 cm³/mol. The molecule has 0 saturated carbocycles. The summed E-state index contributed by atoms with van der Waals surface area (Å²) in [6.07, 6.45) is 0. The number of carbonyl (C=O) groups excluding carboxylic acids is 6. The molecule has 4 rings (SSSR count). The molecule has 0 N–H and O–H groups in total. The molecule has 4 aromatic rings. The molecule has 0 bridgehead atoms. The summed E-state index contributed by atoms with van der Waals surface area (Å²) in [6, 6.07) is 9.23. The minimum atomic E-state index is -0.960. The zero-order valence-corrected chi connectivity index (χ0v) is 38.4. The number of hydrogen-bond donors (Lipinski definition) is 0. The molecule has 0 fully saturated rings. The van der Waals surface area contributed by atoms with E-state index in [2.05, 4.69) is 0 Å². The Kier molecular flexibility index (Phi) is 12.4. The molecule has 4 aromatic carbocycles. The van der Waals surface area contributed by atoms with E-state index in [-0.39, 0.29) is 34.5 Å². The fourth-order valence-electron chi connectivity index (χ4n) is 5.01. The van der Waals surface area contributed by atoms with Crippen molar-refractivity contribution in [2.75, 3.05) is 0 Å². The fourth-order valence-corrected chi connectivity index (χ4v) is 5.01. The van der Waals surface area contributed by atoms with Gasteiger partial charge in [-0.05, 0) is 193 Å². The van der Waals surface area contributed by atoms with E-state index >= 15 is 0 Å². The Labute approximate surface area is 352 Å². The third-order valence-electron chi connectivity index (χ3n) is 9.01. The van der Waals surface area contributed by atoms with Crippen LogP contribution in [0, 0.1) is 32.5 Å². The second-order valence-electron chi connectivity index (χ2n) is 21.4. The minimum absolute atomic E-state index is 0.0766. The smallest absolute Gasteiger partial charge is 0.316 e. The van der Waals surface area contributed by atoms with Crippen LogP contribution in [0.25, 0.3) is 32.3 Å². The Hall–Kier alpha value is -5.52. The Morgan fingerprint density at radius 1 is 0.250 bits per heavy atom. The van der Waals surface area contributed by atoms with Crippen LogP contribution in [0.15, 0.2) is 36.4 Å². The number of ether oxygens (including phenoxy) is 6. The van der Waals surface area contributed by atoms with E-state index in [9.17, 15) is 28.8 Å². The van der Waals surface area contributed by atoms with Crippen LogP contribution in [0.5, 0.6) is 34.5 Å². The fraction of sp³-hybridized carbons (Fsp3) is 0.500. The molecule has 0 amide bonds. The van der Waals surface area contributed by atoms with Gasteiger partial charge in [-0.15, -0.1) is 0 Å². The summed E-state index contributed by atoms with van der Waals surface area (Å²) < 4.78 is 35.7. The van der Waals surface area contributed by atoms with E-state index in [1.807, 2.05) is 0 Å². The van der Waals surface area contributed by atoms with Gasteiger partial charge in [0.05, 0.1) is 32.5 Å². The van der Waals surface area contributed by atoms with Gasteiger partial charge in [-0.25, -0.2) is 0 Å².